The minimum absolute atomic E-state index is 0.268. The largest absolute Gasteiger partial charge is 0.354 e. The third-order valence-corrected chi connectivity index (χ3v) is 4.65. The summed E-state index contributed by atoms with van der Waals surface area (Å²) in [5.74, 6) is 0.319. The quantitative estimate of drug-likeness (QED) is 0.516. The summed E-state index contributed by atoms with van der Waals surface area (Å²) in [6, 6.07) is 12.4. The van der Waals surface area contributed by atoms with Crippen LogP contribution < -0.4 is 5.32 Å². The van der Waals surface area contributed by atoms with Crippen LogP contribution in [-0.4, -0.2) is 25.9 Å². The number of fused-ring (bicyclic) bond motifs is 1. The van der Waals surface area contributed by atoms with E-state index in [-0.39, 0.29) is 5.82 Å². The van der Waals surface area contributed by atoms with Crippen molar-refractivity contribution in [3.63, 3.8) is 0 Å². The summed E-state index contributed by atoms with van der Waals surface area (Å²) in [5, 5.41) is 3.23. The van der Waals surface area contributed by atoms with Gasteiger partial charge in [-0.05, 0) is 60.9 Å². The van der Waals surface area contributed by atoms with Gasteiger partial charge in [-0.15, -0.1) is 0 Å². The predicted octanol–water partition coefficient (Wildman–Crippen LogP) is 4.98. The topological polar surface area (TPSA) is 55.1 Å². The monoisotopic (exact) mass is 375 g/mol. The van der Waals surface area contributed by atoms with E-state index in [1.165, 1.54) is 17.7 Å². The lowest BCUT2D eigenvalue weighted by molar-refractivity contribution is 0.628. The predicted molar refractivity (Wildman–Crippen MR) is 110 cm³/mol. The molecule has 3 heterocycles. The number of hydrogen-bond donors (Lipinski definition) is 1. The van der Waals surface area contributed by atoms with Crippen LogP contribution in [0, 0.1) is 5.82 Å². The molecule has 0 bridgehead atoms. The van der Waals surface area contributed by atoms with E-state index in [0.29, 0.717) is 5.95 Å². The van der Waals surface area contributed by atoms with Crippen LogP contribution in [0.1, 0.15) is 25.8 Å². The Morgan fingerprint density at radius 1 is 1.04 bits per heavy atom. The first-order valence-electron chi connectivity index (χ1n) is 9.53. The van der Waals surface area contributed by atoms with Gasteiger partial charge in [0.15, 0.2) is 0 Å². The third-order valence-electron chi connectivity index (χ3n) is 4.65. The number of rotatable bonds is 6. The van der Waals surface area contributed by atoms with Crippen molar-refractivity contribution in [2.75, 3.05) is 11.9 Å². The fraction of sp³-hybridized carbons (Fsp3) is 0.227. The molecule has 6 heteroatoms. The highest BCUT2D eigenvalue weighted by Gasteiger charge is 2.18. The molecular weight excluding hydrogens is 353 g/mol. The summed E-state index contributed by atoms with van der Waals surface area (Å²) >= 11 is 0. The zero-order valence-electron chi connectivity index (χ0n) is 16.0. The van der Waals surface area contributed by atoms with Gasteiger partial charge in [-0.2, -0.15) is 0 Å². The number of aryl methyl sites for hydroxylation is 1. The van der Waals surface area contributed by atoms with Crippen molar-refractivity contribution in [2.45, 2.75) is 26.7 Å². The Kier molecular flexibility index (Phi) is 5.02. The van der Waals surface area contributed by atoms with Crippen LogP contribution in [-0.2, 0) is 6.42 Å². The third kappa shape index (κ3) is 3.45. The molecule has 28 heavy (non-hydrogen) atoms. The first-order chi connectivity index (χ1) is 13.7. The molecule has 0 atom stereocenters. The number of aromatic nitrogens is 4. The number of hydrogen-bond acceptors (Lipinski definition) is 4. The van der Waals surface area contributed by atoms with Crippen LogP contribution in [0.3, 0.4) is 0 Å². The Labute approximate surface area is 163 Å². The molecule has 0 aliphatic carbocycles. The molecule has 0 saturated carbocycles. The molecule has 0 unspecified atom stereocenters. The van der Waals surface area contributed by atoms with E-state index in [1.54, 1.807) is 18.3 Å². The van der Waals surface area contributed by atoms with Crippen molar-refractivity contribution in [1.29, 1.82) is 0 Å². The van der Waals surface area contributed by atoms with E-state index in [9.17, 15) is 4.39 Å². The minimum Gasteiger partial charge on any atom is -0.354 e. The number of pyridine rings is 1. The number of benzene rings is 1. The fourth-order valence-corrected chi connectivity index (χ4v) is 3.17. The molecule has 0 radical (unpaired) electrons. The SMILES string of the molecule is CCCNc1nccc(-c2c(-c3ccc(F)cc3)nc3cc(CC)ccn23)n1. The van der Waals surface area contributed by atoms with Crippen molar-refractivity contribution < 1.29 is 4.39 Å². The molecule has 142 valence electrons. The molecule has 1 N–H and O–H groups in total. The number of nitrogens with one attached hydrogen (secondary N) is 1. The van der Waals surface area contributed by atoms with Crippen LogP contribution in [0.4, 0.5) is 10.3 Å². The zero-order chi connectivity index (χ0) is 19.5. The summed E-state index contributed by atoms with van der Waals surface area (Å²) in [5.41, 5.74) is 5.31. The molecule has 5 nitrogen and oxygen atoms in total. The Morgan fingerprint density at radius 2 is 1.86 bits per heavy atom. The number of imidazole rings is 1. The normalized spacial score (nSPS) is 11.1. The average Bonchev–Trinajstić information content (AvgIpc) is 3.11. The molecule has 0 aliphatic heterocycles. The lowest BCUT2D eigenvalue weighted by atomic mass is 10.1. The summed E-state index contributed by atoms with van der Waals surface area (Å²) < 4.78 is 15.5. The second-order valence-electron chi connectivity index (χ2n) is 6.62. The highest BCUT2D eigenvalue weighted by Crippen LogP contribution is 2.32. The summed E-state index contributed by atoms with van der Waals surface area (Å²) in [4.78, 5) is 13.8. The first kappa shape index (κ1) is 18.1. The van der Waals surface area contributed by atoms with Gasteiger partial charge in [0.05, 0.1) is 17.1 Å². The Bertz CT molecular complexity index is 1100. The maximum Gasteiger partial charge on any atom is 0.223 e. The standard InChI is InChI=1S/C22H22FN5/c1-3-11-24-22-25-12-9-18(26-22)21-20(16-5-7-17(23)8-6-16)27-19-14-15(4-2)10-13-28(19)21/h5-10,12-14H,3-4,11H2,1-2H3,(H,24,25,26). The van der Waals surface area contributed by atoms with Crippen LogP contribution in [0.25, 0.3) is 28.3 Å². The maximum absolute atomic E-state index is 13.4. The lowest BCUT2D eigenvalue weighted by Gasteiger charge is -2.08. The Balaban J connectivity index is 1.92. The second-order valence-corrected chi connectivity index (χ2v) is 6.62. The molecule has 4 rings (SSSR count). The molecule has 1 aromatic carbocycles. The van der Waals surface area contributed by atoms with Crippen LogP contribution >= 0.6 is 0 Å². The van der Waals surface area contributed by atoms with Gasteiger partial charge in [0.2, 0.25) is 5.95 Å². The van der Waals surface area contributed by atoms with E-state index in [4.69, 9.17) is 9.97 Å². The molecule has 0 spiro atoms. The van der Waals surface area contributed by atoms with Crippen molar-refractivity contribution in [3.8, 4) is 22.6 Å². The minimum atomic E-state index is -0.268. The highest BCUT2D eigenvalue weighted by molar-refractivity contribution is 5.80. The lowest BCUT2D eigenvalue weighted by Crippen LogP contribution is -2.05. The Morgan fingerprint density at radius 3 is 2.61 bits per heavy atom. The summed E-state index contributed by atoms with van der Waals surface area (Å²) in [6.45, 7) is 5.02. The number of anilines is 1. The van der Waals surface area contributed by atoms with Crippen LogP contribution in [0.2, 0.25) is 0 Å². The van der Waals surface area contributed by atoms with E-state index in [0.717, 1.165) is 47.7 Å². The molecule has 0 saturated heterocycles. The van der Waals surface area contributed by atoms with Crippen LogP contribution in [0.15, 0.2) is 54.9 Å². The van der Waals surface area contributed by atoms with Crippen molar-refractivity contribution in [3.05, 3.63) is 66.2 Å². The van der Waals surface area contributed by atoms with Gasteiger partial charge in [-0.3, -0.25) is 4.40 Å². The molecular formula is C22H22FN5. The van der Waals surface area contributed by atoms with E-state index in [1.807, 2.05) is 16.7 Å². The van der Waals surface area contributed by atoms with Crippen molar-refractivity contribution >= 4 is 11.6 Å². The zero-order valence-corrected chi connectivity index (χ0v) is 16.0. The molecule has 0 aliphatic rings. The highest BCUT2D eigenvalue weighted by atomic mass is 19.1. The molecule has 3 aromatic heterocycles. The van der Waals surface area contributed by atoms with E-state index >= 15 is 0 Å². The first-order valence-corrected chi connectivity index (χ1v) is 9.53. The van der Waals surface area contributed by atoms with Gasteiger partial charge in [0.1, 0.15) is 11.5 Å². The summed E-state index contributed by atoms with van der Waals surface area (Å²) in [6.07, 6.45) is 5.69. The average molecular weight is 375 g/mol. The Hall–Kier alpha value is -3.28. The molecule has 0 amide bonds. The van der Waals surface area contributed by atoms with Crippen LogP contribution in [0.5, 0.6) is 0 Å². The second kappa shape index (κ2) is 7.76. The van der Waals surface area contributed by atoms with Gasteiger partial charge in [-0.1, -0.05) is 13.8 Å². The van der Waals surface area contributed by atoms with Gasteiger partial charge in [0, 0.05) is 24.5 Å². The van der Waals surface area contributed by atoms with Crippen molar-refractivity contribution in [1.82, 2.24) is 19.4 Å². The maximum atomic E-state index is 13.4. The number of halogens is 1. The van der Waals surface area contributed by atoms with Gasteiger partial charge < -0.3 is 5.32 Å². The van der Waals surface area contributed by atoms with Gasteiger partial charge in [-0.25, -0.2) is 19.3 Å². The van der Waals surface area contributed by atoms with E-state index in [2.05, 4.69) is 36.3 Å². The van der Waals surface area contributed by atoms with Gasteiger partial charge >= 0.3 is 0 Å². The van der Waals surface area contributed by atoms with Crippen molar-refractivity contribution in [2.24, 2.45) is 0 Å². The fourth-order valence-electron chi connectivity index (χ4n) is 3.17. The molecule has 0 fully saturated rings. The summed E-state index contributed by atoms with van der Waals surface area (Å²) in [7, 11) is 0. The molecule has 4 aromatic rings. The smallest absolute Gasteiger partial charge is 0.223 e. The number of nitrogens with zero attached hydrogens (tertiary/aromatic N) is 4. The van der Waals surface area contributed by atoms with E-state index < -0.39 is 0 Å². The van der Waals surface area contributed by atoms with Gasteiger partial charge in [0.25, 0.3) is 0 Å².